The lowest BCUT2D eigenvalue weighted by atomic mass is 9.84. The van der Waals surface area contributed by atoms with E-state index in [4.69, 9.17) is 4.84 Å². The van der Waals surface area contributed by atoms with Crippen LogP contribution in [0.4, 0.5) is 0 Å². The number of nitrogens with zero attached hydrogens (tertiary/aromatic N) is 1. The second-order valence-corrected chi connectivity index (χ2v) is 4.81. The quantitative estimate of drug-likeness (QED) is 0.851. The summed E-state index contributed by atoms with van der Waals surface area (Å²) in [5, 5.41) is 1.81. The van der Waals surface area contributed by atoms with Gasteiger partial charge in [0.05, 0.1) is 6.61 Å². The molecule has 20 heavy (non-hydrogen) atoms. The summed E-state index contributed by atoms with van der Waals surface area (Å²) in [5.74, 6) is 0.191. The van der Waals surface area contributed by atoms with Crippen LogP contribution in [0.2, 0.25) is 0 Å². The van der Waals surface area contributed by atoms with Gasteiger partial charge in [0.2, 0.25) is 0 Å². The molecular weight excluding hydrogens is 250 g/mol. The van der Waals surface area contributed by atoms with Crippen LogP contribution in [-0.4, -0.2) is 17.5 Å². The highest BCUT2D eigenvalue weighted by Crippen LogP contribution is 2.44. The molecule has 0 N–H and O–H groups in total. The molecule has 1 aliphatic heterocycles. The Morgan fingerprint density at radius 2 is 1.35 bits per heavy atom. The molecule has 1 saturated heterocycles. The summed E-state index contributed by atoms with van der Waals surface area (Å²) in [5.41, 5.74) is 1.97. The SMILES string of the molecule is CCON1C(c2ccccc2)C(=O)C1c1ccccc1. The topological polar surface area (TPSA) is 29.5 Å². The summed E-state index contributed by atoms with van der Waals surface area (Å²) in [7, 11) is 0. The third-order valence-corrected chi connectivity index (χ3v) is 3.56. The van der Waals surface area contributed by atoms with Gasteiger partial charge in [-0.05, 0) is 18.1 Å². The molecule has 0 bridgehead atoms. The largest absolute Gasteiger partial charge is 0.297 e. The van der Waals surface area contributed by atoms with Crippen molar-refractivity contribution >= 4 is 5.78 Å². The monoisotopic (exact) mass is 267 g/mol. The fourth-order valence-corrected chi connectivity index (χ4v) is 2.66. The second kappa shape index (κ2) is 5.57. The lowest BCUT2D eigenvalue weighted by Gasteiger charge is -2.45. The van der Waals surface area contributed by atoms with Gasteiger partial charge in [0.15, 0.2) is 5.78 Å². The van der Waals surface area contributed by atoms with E-state index in [9.17, 15) is 4.79 Å². The zero-order chi connectivity index (χ0) is 13.9. The molecule has 1 fully saturated rings. The third-order valence-electron chi connectivity index (χ3n) is 3.56. The van der Waals surface area contributed by atoms with E-state index in [1.54, 1.807) is 0 Å². The molecule has 2 atom stereocenters. The Morgan fingerprint density at radius 1 is 0.900 bits per heavy atom. The maximum atomic E-state index is 12.5. The van der Waals surface area contributed by atoms with E-state index in [-0.39, 0.29) is 17.9 Å². The van der Waals surface area contributed by atoms with Gasteiger partial charge >= 0.3 is 0 Å². The van der Waals surface area contributed by atoms with Crippen molar-refractivity contribution in [2.45, 2.75) is 19.0 Å². The summed E-state index contributed by atoms with van der Waals surface area (Å²) >= 11 is 0. The standard InChI is InChI=1S/C17H17NO2/c1-2-20-18-15(13-9-5-3-6-10-13)17(19)16(18)14-11-7-4-8-12-14/h3-12,15-16H,2H2,1H3. The van der Waals surface area contributed by atoms with Gasteiger partial charge in [-0.1, -0.05) is 60.7 Å². The molecule has 1 aliphatic rings. The van der Waals surface area contributed by atoms with Crippen molar-refractivity contribution < 1.29 is 9.63 Å². The average molecular weight is 267 g/mol. The van der Waals surface area contributed by atoms with Crippen LogP contribution < -0.4 is 0 Å². The number of rotatable bonds is 4. The summed E-state index contributed by atoms with van der Waals surface area (Å²) < 4.78 is 0. The number of carbonyl (C=O) groups is 1. The molecule has 3 rings (SSSR count). The van der Waals surface area contributed by atoms with Crippen molar-refractivity contribution in [1.29, 1.82) is 0 Å². The van der Waals surface area contributed by atoms with Crippen LogP contribution in [-0.2, 0) is 9.63 Å². The number of Topliss-reactive ketones (excluding diaryl/α,β-unsaturated/α-hetero) is 1. The van der Waals surface area contributed by atoms with Gasteiger partial charge in [0.25, 0.3) is 0 Å². The highest BCUT2D eigenvalue weighted by Gasteiger charge is 2.50. The predicted octanol–water partition coefficient (Wildman–Crippen LogP) is 3.31. The molecule has 3 nitrogen and oxygen atoms in total. The molecule has 0 aliphatic carbocycles. The van der Waals surface area contributed by atoms with Crippen LogP contribution in [0.25, 0.3) is 0 Å². The summed E-state index contributed by atoms with van der Waals surface area (Å²) in [6.07, 6.45) is 0. The molecule has 3 heteroatoms. The number of carbonyl (C=O) groups excluding carboxylic acids is 1. The third kappa shape index (κ3) is 2.15. The Morgan fingerprint density at radius 3 is 1.75 bits per heavy atom. The van der Waals surface area contributed by atoms with Crippen molar-refractivity contribution in [2.24, 2.45) is 0 Å². The van der Waals surface area contributed by atoms with E-state index in [0.29, 0.717) is 6.61 Å². The fourth-order valence-electron chi connectivity index (χ4n) is 2.66. The molecule has 1 heterocycles. The molecule has 0 radical (unpaired) electrons. The van der Waals surface area contributed by atoms with Gasteiger partial charge in [-0.2, -0.15) is 5.06 Å². The average Bonchev–Trinajstić information content (AvgIpc) is 2.49. The van der Waals surface area contributed by atoms with Gasteiger partial charge in [-0.3, -0.25) is 9.63 Å². The van der Waals surface area contributed by atoms with Crippen molar-refractivity contribution in [3.05, 3.63) is 71.8 Å². The number of benzene rings is 2. The first kappa shape index (κ1) is 13.0. The first-order valence-electron chi connectivity index (χ1n) is 6.87. The Balaban J connectivity index is 1.90. The van der Waals surface area contributed by atoms with E-state index < -0.39 is 0 Å². The van der Waals surface area contributed by atoms with Crippen molar-refractivity contribution in [3.8, 4) is 0 Å². The zero-order valence-corrected chi connectivity index (χ0v) is 11.4. The van der Waals surface area contributed by atoms with Crippen molar-refractivity contribution in [2.75, 3.05) is 6.61 Å². The highest BCUT2D eigenvalue weighted by atomic mass is 16.7. The lowest BCUT2D eigenvalue weighted by Crippen LogP contribution is -2.52. The number of hydrogen-bond donors (Lipinski definition) is 0. The predicted molar refractivity (Wildman–Crippen MR) is 76.8 cm³/mol. The van der Waals surface area contributed by atoms with Crippen molar-refractivity contribution in [3.63, 3.8) is 0 Å². The molecule has 0 spiro atoms. The van der Waals surface area contributed by atoms with E-state index in [1.165, 1.54) is 0 Å². The summed E-state index contributed by atoms with van der Waals surface area (Å²) in [4.78, 5) is 18.2. The van der Waals surface area contributed by atoms with Gasteiger partial charge < -0.3 is 0 Å². The number of hydroxylamine groups is 2. The molecule has 102 valence electrons. The maximum Gasteiger partial charge on any atom is 0.180 e. The minimum absolute atomic E-state index is 0.191. The van der Waals surface area contributed by atoms with Crippen LogP contribution >= 0.6 is 0 Å². The second-order valence-electron chi connectivity index (χ2n) is 4.81. The zero-order valence-electron chi connectivity index (χ0n) is 11.4. The summed E-state index contributed by atoms with van der Waals surface area (Å²) in [6, 6.07) is 19.0. The molecular formula is C17H17NO2. The van der Waals surface area contributed by atoms with Crippen LogP contribution in [0, 0.1) is 0 Å². The Bertz CT molecular complexity index is 533. The van der Waals surface area contributed by atoms with Crippen LogP contribution in [0.15, 0.2) is 60.7 Å². The van der Waals surface area contributed by atoms with Gasteiger partial charge in [0.1, 0.15) is 12.1 Å². The molecule has 2 aromatic rings. The molecule has 2 unspecified atom stereocenters. The van der Waals surface area contributed by atoms with Gasteiger partial charge in [-0.25, -0.2) is 0 Å². The van der Waals surface area contributed by atoms with Crippen molar-refractivity contribution in [1.82, 2.24) is 5.06 Å². The van der Waals surface area contributed by atoms with E-state index in [2.05, 4.69) is 0 Å². The number of hydrogen-bond acceptors (Lipinski definition) is 3. The first-order chi connectivity index (χ1) is 9.83. The summed E-state index contributed by atoms with van der Waals surface area (Å²) in [6.45, 7) is 2.49. The minimum atomic E-state index is -0.290. The molecule has 0 amide bonds. The maximum absolute atomic E-state index is 12.5. The molecule has 0 aromatic heterocycles. The number of ketones is 1. The first-order valence-corrected chi connectivity index (χ1v) is 6.87. The minimum Gasteiger partial charge on any atom is -0.297 e. The molecule has 0 saturated carbocycles. The van der Waals surface area contributed by atoms with Crippen LogP contribution in [0.1, 0.15) is 30.1 Å². The van der Waals surface area contributed by atoms with E-state index in [0.717, 1.165) is 11.1 Å². The van der Waals surface area contributed by atoms with Gasteiger partial charge in [0, 0.05) is 0 Å². The fraction of sp³-hybridized carbons (Fsp3) is 0.235. The normalized spacial score (nSPS) is 22.6. The Kier molecular flexibility index (Phi) is 3.63. The Labute approximate surface area is 118 Å². The van der Waals surface area contributed by atoms with Gasteiger partial charge in [-0.15, -0.1) is 0 Å². The van der Waals surface area contributed by atoms with E-state index in [1.807, 2.05) is 72.7 Å². The van der Waals surface area contributed by atoms with E-state index >= 15 is 0 Å². The Hall–Kier alpha value is -1.97. The molecule has 2 aromatic carbocycles. The van der Waals surface area contributed by atoms with Crippen LogP contribution in [0.3, 0.4) is 0 Å². The lowest BCUT2D eigenvalue weighted by molar-refractivity contribution is -0.248. The highest BCUT2D eigenvalue weighted by molar-refractivity contribution is 5.96. The van der Waals surface area contributed by atoms with Crippen LogP contribution in [0.5, 0.6) is 0 Å². The smallest absolute Gasteiger partial charge is 0.180 e.